The second-order valence-electron chi connectivity index (χ2n) is 4.42. The third kappa shape index (κ3) is 4.14. The number of nitrogens with one attached hydrogen (secondary N) is 1. The number of nitrogens with zero attached hydrogens (tertiary/aromatic N) is 2. The van der Waals surface area contributed by atoms with Gasteiger partial charge >= 0.3 is 0 Å². The van der Waals surface area contributed by atoms with E-state index in [1.54, 1.807) is 6.07 Å². The topological polar surface area (TPSA) is 29.9 Å². The summed E-state index contributed by atoms with van der Waals surface area (Å²) in [6.45, 7) is 4.55. The molecule has 0 amide bonds. The summed E-state index contributed by atoms with van der Waals surface area (Å²) in [5, 5.41) is 7.79. The Morgan fingerprint density at radius 2 is 2.21 bits per heavy atom. The van der Waals surface area contributed by atoms with E-state index in [2.05, 4.69) is 33.3 Å². The molecule has 3 nitrogen and oxygen atoms in total. The first-order valence-corrected chi connectivity index (χ1v) is 7.15. The molecule has 1 heterocycles. The van der Waals surface area contributed by atoms with E-state index in [4.69, 9.17) is 0 Å². The molecule has 0 bridgehead atoms. The molecule has 0 aliphatic rings. The van der Waals surface area contributed by atoms with E-state index in [0.29, 0.717) is 6.54 Å². The van der Waals surface area contributed by atoms with Crippen LogP contribution >= 0.6 is 15.9 Å². The number of halogens is 2. The molecule has 5 heteroatoms. The van der Waals surface area contributed by atoms with Gasteiger partial charge in [-0.2, -0.15) is 5.10 Å². The van der Waals surface area contributed by atoms with Gasteiger partial charge in [0, 0.05) is 17.2 Å². The van der Waals surface area contributed by atoms with Gasteiger partial charge in [-0.25, -0.2) is 4.39 Å². The molecule has 0 atom stereocenters. The van der Waals surface area contributed by atoms with Crippen molar-refractivity contribution in [3.8, 4) is 0 Å². The third-order valence-corrected chi connectivity index (χ3v) is 3.51. The Labute approximate surface area is 121 Å². The number of aromatic nitrogens is 2. The van der Waals surface area contributed by atoms with Gasteiger partial charge in [0.2, 0.25) is 0 Å². The summed E-state index contributed by atoms with van der Waals surface area (Å²) in [6.07, 6.45) is 3.06. The molecule has 19 heavy (non-hydrogen) atoms. The lowest BCUT2D eigenvalue weighted by Crippen LogP contribution is -2.14. The highest BCUT2D eigenvalue weighted by Gasteiger charge is 2.04. The normalized spacial score (nSPS) is 10.9. The van der Waals surface area contributed by atoms with Crippen LogP contribution in [0.1, 0.15) is 24.6 Å². The number of benzene rings is 1. The van der Waals surface area contributed by atoms with Crippen LogP contribution in [0.5, 0.6) is 0 Å². The first-order valence-electron chi connectivity index (χ1n) is 6.36. The van der Waals surface area contributed by atoms with Crippen LogP contribution in [0, 0.1) is 5.82 Å². The van der Waals surface area contributed by atoms with E-state index < -0.39 is 0 Å². The molecular formula is C14H17BrFN3. The van der Waals surface area contributed by atoms with Crippen molar-refractivity contribution < 1.29 is 4.39 Å². The van der Waals surface area contributed by atoms with E-state index in [9.17, 15) is 4.39 Å². The average Bonchev–Trinajstić information content (AvgIpc) is 2.81. The van der Waals surface area contributed by atoms with Gasteiger partial charge in [-0.1, -0.05) is 28.9 Å². The maximum absolute atomic E-state index is 13.0. The lowest BCUT2D eigenvalue weighted by atomic mass is 10.2. The highest BCUT2D eigenvalue weighted by atomic mass is 79.9. The zero-order valence-electron chi connectivity index (χ0n) is 10.9. The highest BCUT2D eigenvalue weighted by Crippen LogP contribution is 2.18. The molecule has 1 aromatic heterocycles. The molecule has 0 radical (unpaired) electrons. The van der Waals surface area contributed by atoms with Gasteiger partial charge in [0.1, 0.15) is 5.82 Å². The van der Waals surface area contributed by atoms with Crippen molar-refractivity contribution in [2.45, 2.75) is 26.4 Å². The van der Waals surface area contributed by atoms with Crippen molar-refractivity contribution in [3.63, 3.8) is 0 Å². The smallest absolute Gasteiger partial charge is 0.124 e. The lowest BCUT2D eigenvalue weighted by molar-refractivity contribution is 0.617. The fourth-order valence-corrected chi connectivity index (χ4v) is 2.28. The lowest BCUT2D eigenvalue weighted by Gasteiger charge is -2.05. The minimum absolute atomic E-state index is 0.236. The minimum Gasteiger partial charge on any atom is -0.311 e. The maximum Gasteiger partial charge on any atom is 0.124 e. The van der Waals surface area contributed by atoms with E-state index in [1.807, 2.05) is 16.9 Å². The molecule has 2 rings (SSSR count). The second-order valence-corrected chi connectivity index (χ2v) is 5.27. The molecule has 2 aromatic rings. The Morgan fingerprint density at radius 3 is 2.95 bits per heavy atom. The van der Waals surface area contributed by atoms with E-state index in [1.165, 1.54) is 12.1 Å². The fourth-order valence-electron chi connectivity index (χ4n) is 1.80. The number of hydrogen-bond donors (Lipinski definition) is 1. The van der Waals surface area contributed by atoms with Crippen LogP contribution in [0.25, 0.3) is 0 Å². The van der Waals surface area contributed by atoms with Crippen LogP contribution in [0.2, 0.25) is 0 Å². The fraction of sp³-hybridized carbons (Fsp3) is 0.357. The van der Waals surface area contributed by atoms with Crippen LogP contribution in [-0.2, 0) is 13.1 Å². The Balaban J connectivity index is 1.99. The van der Waals surface area contributed by atoms with Crippen molar-refractivity contribution in [2.24, 2.45) is 0 Å². The highest BCUT2D eigenvalue weighted by molar-refractivity contribution is 9.10. The summed E-state index contributed by atoms with van der Waals surface area (Å²) < 4.78 is 15.6. The summed E-state index contributed by atoms with van der Waals surface area (Å²) in [7, 11) is 0. The summed E-state index contributed by atoms with van der Waals surface area (Å²) in [4.78, 5) is 0. The van der Waals surface area contributed by atoms with Gasteiger partial charge < -0.3 is 5.32 Å². The van der Waals surface area contributed by atoms with Crippen molar-refractivity contribution in [2.75, 3.05) is 6.54 Å². The molecule has 0 spiro atoms. The molecular weight excluding hydrogens is 309 g/mol. The Bertz CT molecular complexity index is 539. The number of rotatable bonds is 6. The van der Waals surface area contributed by atoms with Gasteiger partial charge in [-0.05, 0) is 36.7 Å². The Hall–Kier alpha value is -1.20. The van der Waals surface area contributed by atoms with Crippen molar-refractivity contribution in [1.29, 1.82) is 0 Å². The zero-order chi connectivity index (χ0) is 13.7. The van der Waals surface area contributed by atoms with Crippen molar-refractivity contribution >= 4 is 15.9 Å². The largest absolute Gasteiger partial charge is 0.311 e. The predicted octanol–water partition coefficient (Wildman–Crippen LogP) is 3.33. The van der Waals surface area contributed by atoms with Crippen LogP contribution < -0.4 is 5.32 Å². The summed E-state index contributed by atoms with van der Waals surface area (Å²) in [5.41, 5.74) is 2.03. The standard InChI is InChI=1S/C14H17BrFN3/c1-2-6-17-9-13-5-7-19(18-13)10-11-3-4-12(16)8-14(11)15/h3-5,7-8,17H,2,6,9-10H2,1H3. The molecule has 0 saturated carbocycles. The summed E-state index contributed by atoms with van der Waals surface area (Å²) in [6, 6.07) is 6.71. The Kier molecular flexibility index (Phi) is 5.10. The van der Waals surface area contributed by atoms with Gasteiger partial charge in [-0.15, -0.1) is 0 Å². The van der Waals surface area contributed by atoms with Gasteiger partial charge in [0.05, 0.1) is 12.2 Å². The van der Waals surface area contributed by atoms with E-state index in [-0.39, 0.29) is 5.82 Å². The molecule has 102 valence electrons. The van der Waals surface area contributed by atoms with Crippen LogP contribution in [0.4, 0.5) is 4.39 Å². The summed E-state index contributed by atoms with van der Waals surface area (Å²) in [5.74, 6) is -0.236. The van der Waals surface area contributed by atoms with Crippen molar-refractivity contribution in [1.82, 2.24) is 15.1 Å². The second kappa shape index (κ2) is 6.82. The quantitative estimate of drug-likeness (QED) is 0.825. The van der Waals surface area contributed by atoms with Crippen molar-refractivity contribution in [3.05, 3.63) is 52.0 Å². The number of hydrogen-bond acceptors (Lipinski definition) is 2. The molecule has 0 aliphatic heterocycles. The predicted molar refractivity (Wildman–Crippen MR) is 77.4 cm³/mol. The molecule has 0 unspecified atom stereocenters. The zero-order valence-corrected chi connectivity index (χ0v) is 12.5. The molecule has 1 N–H and O–H groups in total. The monoisotopic (exact) mass is 325 g/mol. The van der Waals surface area contributed by atoms with Crippen LogP contribution in [0.15, 0.2) is 34.9 Å². The van der Waals surface area contributed by atoms with Gasteiger partial charge in [-0.3, -0.25) is 4.68 Å². The SMILES string of the molecule is CCCNCc1ccn(Cc2ccc(F)cc2Br)n1. The third-order valence-electron chi connectivity index (χ3n) is 2.78. The van der Waals surface area contributed by atoms with Gasteiger partial charge in [0.25, 0.3) is 0 Å². The minimum atomic E-state index is -0.236. The molecule has 0 fully saturated rings. The molecule has 0 aliphatic carbocycles. The first kappa shape index (κ1) is 14.2. The van der Waals surface area contributed by atoms with Gasteiger partial charge in [0.15, 0.2) is 0 Å². The average molecular weight is 326 g/mol. The molecule has 1 aromatic carbocycles. The Morgan fingerprint density at radius 1 is 1.37 bits per heavy atom. The molecule has 0 saturated heterocycles. The van der Waals surface area contributed by atoms with Crippen LogP contribution in [-0.4, -0.2) is 16.3 Å². The first-order chi connectivity index (χ1) is 9.19. The van der Waals surface area contributed by atoms with E-state index in [0.717, 1.165) is 35.2 Å². The van der Waals surface area contributed by atoms with Crippen LogP contribution in [0.3, 0.4) is 0 Å². The summed E-state index contributed by atoms with van der Waals surface area (Å²) >= 11 is 3.37. The maximum atomic E-state index is 13.0. The van der Waals surface area contributed by atoms with E-state index >= 15 is 0 Å².